The van der Waals surface area contributed by atoms with Crippen LogP contribution < -0.4 is 10.5 Å². The summed E-state index contributed by atoms with van der Waals surface area (Å²) >= 11 is 7.83. The third kappa shape index (κ3) is 5.35. The van der Waals surface area contributed by atoms with Crippen LogP contribution in [0.15, 0.2) is 47.5 Å². The molecular weight excluding hydrogens is 561 g/mol. The predicted octanol–water partition coefficient (Wildman–Crippen LogP) is 5.00. The molecule has 1 fully saturated rings. The van der Waals surface area contributed by atoms with Gasteiger partial charge in [0.1, 0.15) is 10.6 Å². The summed E-state index contributed by atoms with van der Waals surface area (Å²) in [5.41, 5.74) is 1.43. The van der Waals surface area contributed by atoms with Crippen LogP contribution >= 0.6 is 22.9 Å². The lowest BCUT2D eigenvalue weighted by molar-refractivity contribution is -0.137. The molecule has 1 saturated heterocycles. The Balaban J connectivity index is 1.10. The van der Waals surface area contributed by atoms with E-state index in [0.717, 1.165) is 80.4 Å². The molecule has 4 aromatic rings. The summed E-state index contributed by atoms with van der Waals surface area (Å²) in [5.74, 6) is 0.756. The average Bonchev–Trinajstić information content (AvgIpc) is 3.31. The van der Waals surface area contributed by atoms with E-state index in [0.29, 0.717) is 17.8 Å². The van der Waals surface area contributed by atoms with Crippen LogP contribution in [0, 0.1) is 0 Å². The highest BCUT2D eigenvalue weighted by atomic mass is 35.5. The molecule has 0 saturated carbocycles. The van der Waals surface area contributed by atoms with Crippen molar-refractivity contribution in [1.82, 2.24) is 24.3 Å². The van der Waals surface area contributed by atoms with E-state index in [1.165, 1.54) is 16.5 Å². The average molecular weight is 589 g/mol. The number of benzene rings is 1. The van der Waals surface area contributed by atoms with E-state index in [1.807, 2.05) is 12.1 Å². The van der Waals surface area contributed by atoms with Gasteiger partial charge in [-0.15, -0.1) is 11.3 Å². The molecule has 7 nitrogen and oxygen atoms in total. The fraction of sp³-hybridized carbons (Fsp3) is 0.393. The van der Waals surface area contributed by atoms with Crippen LogP contribution in [0.3, 0.4) is 0 Å². The van der Waals surface area contributed by atoms with Gasteiger partial charge in [-0.05, 0) is 43.3 Å². The van der Waals surface area contributed by atoms with E-state index in [4.69, 9.17) is 16.6 Å². The molecule has 0 N–H and O–H groups in total. The molecule has 0 unspecified atom stereocenters. The molecule has 2 aliphatic rings. The zero-order valence-corrected chi connectivity index (χ0v) is 23.5. The van der Waals surface area contributed by atoms with Gasteiger partial charge in [-0.1, -0.05) is 23.7 Å². The van der Waals surface area contributed by atoms with Crippen molar-refractivity contribution in [3.05, 3.63) is 74.1 Å². The molecule has 0 atom stereocenters. The number of piperazine rings is 1. The molecule has 0 aliphatic carbocycles. The Morgan fingerprint density at radius 2 is 1.85 bits per heavy atom. The predicted molar refractivity (Wildman–Crippen MR) is 152 cm³/mol. The topological polar surface area (TPSA) is 57.5 Å². The van der Waals surface area contributed by atoms with Crippen LogP contribution in [0.4, 0.5) is 19.0 Å². The maximum atomic E-state index is 13.3. The monoisotopic (exact) mass is 588 g/mol. The van der Waals surface area contributed by atoms with Gasteiger partial charge >= 0.3 is 6.18 Å². The Labute approximate surface area is 238 Å². The van der Waals surface area contributed by atoms with Crippen molar-refractivity contribution in [2.75, 3.05) is 51.2 Å². The number of halogens is 4. The van der Waals surface area contributed by atoms with Crippen molar-refractivity contribution in [2.45, 2.75) is 25.7 Å². The van der Waals surface area contributed by atoms with Gasteiger partial charge in [0.2, 0.25) is 0 Å². The fourth-order valence-electron chi connectivity index (χ4n) is 5.40. The summed E-state index contributed by atoms with van der Waals surface area (Å²) < 4.78 is 40.8. The Morgan fingerprint density at radius 1 is 1.05 bits per heavy atom. The molecular formula is C28H28ClF3N6OS. The number of hydrogen-bond donors (Lipinski definition) is 0. The van der Waals surface area contributed by atoms with Gasteiger partial charge < -0.3 is 9.80 Å². The number of aromatic nitrogens is 3. The number of hydrogen-bond acceptors (Lipinski definition) is 7. The minimum absolute atomic E-state index is 0.0162. The molecule has 0 amide bonds. The summed E-state index contributed by atoms with van der Waals surface area (Å²) in [5, 5.41) is 0.807. The van der Waals surface area contributed by atoms with Gasteiger partial charge in [-0.2, -0.15) is 13.2 Å². The fourth-order valence-corrected chi connectivity index (χ4v) is 6.94. The molecule has 0 spiro atoms. The number of pyridine rings is 1. The highest BCUT2D eigenvalue weighted by Crippen LogP contribution is 2.36. The summed E-state index contributed by atoms with van der Waals surface area (Å²) in [6, 6.07) is 8.83. The summed E-state index contributed by atoms with van der Waals surface area (Å²) in [6.07, 6.45) is -1.89. The van der Waals surface area contributed by atoms with Gasteiger partial charge in [-0.25, -0.2) is 9.97 Å². The van der Waals surface area contributed by atoms with Gasteiger partial charge in [0.15, 0.2) is 0 Å². The first kappa shape index (κ1) is 27.2. The quantitative estimate of drug-likeness (QED) is 0.327. The third-order valence-electron chi connectivity index (χ3n) is 7.68. The van der Waals surface area contributed by atoms with Crippen molar-refractivity contribution in [2.24, 2.45) is 0 Å². The number of thiophene rings is 1. The number of fused-ring (bicyclic) bond motifs is 3. The number of alkyl halides is 3. The second kappa shape index (κ2) is 10.8. The minimum Gasteiger partial charge on any atom is -0.354 e. The Hall–Kier alpha value is -2.99. The number of likely N-dealkylation sites (N-methyl/N-ethyl adjacent to an activating group) is 1. The lowest BCUT2D eigenvalue weighted by atomic mass is 10.1. The van der Waals surface area contributed by atoms with Crippen LogP contribution in [-0.2, 0) is 25.7 Å². The molecule has 2 aliphatic heterocycles. The second-order valence-electron chi connectivity index (χ2n) is 10.3. The van der Waals surface area contributed by atoms with Crippen molar-refractivity contribution >= 4 is 39.0 Å². The number of anilines is 1. The Kier molecular flexibility index (Phi) is 7.32. The number of nitrogens with zero attached hydrogens (tertiary/aromatic N) is 6. The van der Waals surface area contributed by atoms with Crippen molar-refractivity contribution in [1.29, 1.82) is 0 Å². The van der Waals surface area contributed by atoms with E-state index < -0.39 is 11.7 Å². The first-order chi connectivity index (χ1) is 19.2. The second-order valence-corrected chi connectivity index (χ2v) is 11.8. The molecule has 1 aromatic carbocycles. The smallest absolute Gasteiger partial charge is 0.354 e. The third-order valence-corrected chi connectivity index (χ3v) is 9.12. The summed E-state index contributed by atoms with van der Waals surface area (Å²) in [6.45, 7) is 6.23. The van der Waals surface area contributed by atoms with E-state index >= 15 is 0 Å². The van der Waals surface area contributed by atoms with E-state index in [1.54, 1.807) is 28.3 Å². The summed E-state index contributed by atoms with van der Waals surface area (Å²) in [7, 11) is 2.10. The van der Waals surface area contributed by atoms with E-state index in [9.17, 15) is 18.0 Å². The maximum absolute atomic E-state index is 13.3. The standard InChI is InChI=1S/C28H28ClF3N6OS/c1-35-8-7-20-23(16-35)40-26-25(20)27(39)38(17-33-26)14-11-36-9-12-37(13-10-36)24-4-2-3-22(34-24)19-6-5-18(15-21(19)29)28(30,31)32/h2-6,15,17H,7-14,16H2,1H3. The van der Waals surface area contributed by atoms with Crippen LogP contribution in [0.2, 0.25) is 5.02 Å². The van der Waals surface area contributed by atoms with Crippen molar-refractivity contribution in [3.8, 4) is 11.3 Å². The van der Waals surface area contributed by atoms with Crippen LogP contribution in [0.25, 0.3) is 21.5 Å². The summed E-state index contributed by atoms with van der Waals surface area (Å²) in [4.78, 5) is 31.5. The van der Waals surface area contributed by atoms with E-state index in [2.05, 4.69) is 26.7 Å². The van der Waals surface area contributed by atoms with E-state index in [-0.39, 0.29) is 10.6 Å². The van der Waals surface area contributed by atoms with Gasteiger partial charge in [0.25, 0.3) is 5.56 Å². The molecule has 0 bridgehead atoms. The molecule has 3 aromatic heterocycles. The van der Waals surface area contributed by atoms with Gasteiger partial charge in [-0.3, -0.25) is 14.3 Å². The van der Waals surface area contributed by atoms with Gasteiger partial charge in [0.05, 0.1) is 28.0 Å². The lowest BCUT2D eigenvalue weighted by Gasteiger charge is -2.35. The highest BCUT2D eigenvalue weighted by Gasteiger charge is 2.31. The first-order valence-corrected chi connectivity index (χ1v) is 14.4. The molecule has 210 valence electrons. The Morgan fingerprint density at radius 3 is 2.60 bits per heavy atom. The molecule has 40 heavy (non-hydrogen) atoms. The molecule has 12 heteroatoms. The van der Waals surface area contributed by atoms with Crippen LogP contribution in [0.1, 0.15) is 16.0 Å². The first-order valence-electron chi connectivity index (χ1n) is 13.2. The van der Waals surface area contributed by atoms with Crippen LogP contribution in [0.5, 0.6) is 0 Å². The van der Waals surface area contributed by atoms with Crippen LogP contribution in [-0.4, -0.2) is 70.7 Å². The normalized spacial score (nSPS) is 17.0. The molecule has 6 rings (SSSR count). The zero-order chi connectivity index (χ0) is 28.0. The lowest BCUT2D eigenvalue weighted by Crippen LogP contribution is -2.47. The van der Waals surface area contributed by atoms with Crippen molar-refractivity contribution < 1.29 is 13.2 Å². The minimum atomic E-state index is -4.45. The SMILES string of the molecule is CN1CCc2c(sc3ncn(CCN4CCN(c5cccc(-c6ccc(C(F)(F)F)cc6Cl)n5)CC4)c(=O)c23)C1. The molecule has 0 radical (unpaired) electrons. The Bertz CT molecular complexity index is 1610. The van der Waals surface area contributed by atoms with Gasteiger partial charge in [0, 0.05) is 62.8 Å². The van der Waals surface area contributed by atoms with Crippen molar-refractivity contribution in [3.63, 3.8) is 0 Å². The largest absolute Gasteiger partial charge is 0.416 e. The molecule has 5 heterocycles. The zero-order valence-electron chi connectivity index (χ0n) is 21.9. The highest BCUT2D eigenvalue weighted by molar-refractivity contribution is 7.18. The number of rotatable bonds is 5. The maximum Gasteiger partial charge on any atom is 0.416 e.